The third-order valence-electron chi connectivity index (χ3n) is 2.60. The Labute approximate surface area is 92.2 Å². The Kier molecular flexibility index (Phi) is 7.55. The summed E-state index contributed by atoms with van der Waals surface area (Å²) in [6.07, 6.45) is 6.69. The Bertz CT molecular complexity index is 126. The lowest BCUT2D eigenvalue weighted by molar-refractivity contribution is 0.192. The van der Waals surface area contributed by atoms with Gasteiger partial charge in [-0.3, -0.25) is 0 Å². The topological polar surface area (TPSA) is 21.3 Å². The molecule has 0 radical (unpaired) electrons. The molecule has 0 aliphatic carbocycles. The van der Waals surface area contributed by atoms with Gasteiger partial charge in [0, 0.05) is 25.5 Å². The van der Waals surface area contributed by atoms with E-state index in [0.29, 0.717) is 0 Å². The van der Waals surface area contributed by atoms with Gasteiger partial charge in [0.25, 0.3) is 0 Å². The number of ether oxygens (including phenoxy) is 1. The second-order valence-corrected chi connectivity index (χ2v) is 5.30. The van der Waals surface area contributed by atoms with Crippen molar-refractivity contribution < 1.29 is 4.74 Å². The van der Waals surface area contributed by atoms with Gasteiger partial charge in [-0.05, 0) is 38.0 Å². The van der Waals surface area contributed by atoms with Crippen LogP contribution in [0.3, 0.4) is 0 Å². The molecule has 0 spiro atoms. The quantitative estimate of drug-likeness (QED) is 0.661. The van der Waals surface area contributed by atoms with E-state index in [1.807, 2.05) is 0 Å². The second kappa shape index (κ2) is 8.57. The molecule has 1 fully saturated rings. The smallest absolute Gasteiger partial charge is 0.0462 e. The van der Waals surface area contributed by atoms with Crippen molar-refractivity contribution in [2.75, 3.05) is 32.6 Å². The Morgan fingerprint density at radius 2 is 2.29 bits per heavy atom. The van der Waals surface area contributed by atoms with E-state index in [-0.39, 0.29) is 0 Å². The monoisotopic (exact) mass is 217 g/mol. The Balaban J connectivity index is 1.82. The first-order valence-electron chi connectivity index (χ1n) is 5.74. The highest BCUT2D eigenvalue weighted by atomic mass is 32.2. The molecule has 3 heteroatoms. The fourth-order valence-electron chi connectivity index (χ4n) is 1.73. The number of rotatable bonds is 7. The van der Waals surface area contributed by atoms with Crippen molar-refractivity contribution >= 4 is 11.8 Å². The minimum atomic E-state index is 0.881. The summed E-state index contributed by atoms with van der Waals surface area (Å²) in [7, 11) is 1.77. The fourth-order valence-corrected chi connectivity index (χ4v) is 3.00. The number of thioether (sulfide) groups is 1. The molecule has 1 rings (SSSR count). The molecule has 1 heterocycles. The van der Waals surface area contributed by atoms with E-state index in [0.717, 1.165) is 18.4 Å². The van der Waals surface area contributed by atoms with Gasteiger partial charge in [0.1, 0.15) is 0 Å². The lowest BCUT2D eigenvalue weighted by Gasteiger charge is -2.21. The summed E-state index contributed by atoms with van der Waals surface area (Å²) in [5.74, 6) is 1.37. The summed E-state index contributed by atoms with van der Waals surface area (Å²) < 4.78 is 5.01. The second-order valence-electron chi connectivity index (χ2n) is 3.89. The van der Waals surface area contributed by atoms with Gasteiger partial charge in [-0.1, -0.05) is 6.42 Å². The molecule has 0 saturated carbocycles. The summed E-state index contributed by atoms with van der Waals surface area (Å²) in [4.78, 5) is 0. The highest BCUT2D eigenvalue weighted by Gasteiger charge is 2.12. The van der Waals surface area contributed by atoms with Crippen LogP contribution in [-0.4, -0.2) is 37.8 Å². The van der Waals surface area contributed by atoms with Crippen molar-refractivity contribution in [1.82, 2.24) is 5.32 Å². The van der Waals surface area contributed by atoms with Crippen LogP contribution in [0, 0.1) is 0 Å². The predicted molar refractivity (Wildman–Crippen MR) is 64.1 cm³/mol. The van der Waals surface area contributed by atoms with Crippen LogP contribution in [0.4, 0.5) is 0 Å². The van der Waals surface area contributed by atoms with E-state index >= 15 is 0 Å². The van der Waals surface area contributed by atoms with Gasteiger partial charge < -0.3 is 10.1 Å². The summed E-state index contributed by atoms with van der Waals surface area (Å²) >= 11 is 2.14. The molecule has 14 heavy (non-hydrogen) atoms. The van der Waals surface area contributed by atoms with Crippen LogP contribution < -0.4 is 5.32 Å². The minimum absolute atomic E-state index is 0.881. The normalized spacial score (nSPS) is 22.5. The third kappa shape index (κ3) is 5.89. The maximum absolute atomic E-state index is 5.01. The lowest BCUT2D eigenvalue weighted by atomic mass is 10.2. The Morgan fingerprint density at radius 1 is 1.36 bits per heavy atom. The molecular formula is C11H23NOS. The van der Waals surface area contributed by atoms with Gasteiger partial charge in [-0.25, -0.2) is 0 Å². The SMILES string of the molecule is COCCCCNCC1CCCCS1. The molecule has 84 valence electrons. The van der Waals surface area contributed by atoms with Crippen LogP contribution >= 0.6 is 11.8 Å². The zero-order chi connectivity index (χ0) is 10.1. The van der Waals surface area contributed by atoms with E-state index in [1.165, 1.54) is 44.4 Å². The lowest BCUT2D eigenvalue weighted by Crippen LogP contribution is -2.27. The van der Waals surface area contributed by atoms with Gasteiger partial charge in [0.2, 0.25) is 0 Å². The molecule has 2 nitrogen and oxygen atoms in total. The molecule has 1 saturated heterocycles. The molecule has 0 amide bonds. The Hall–Kier alpha value is 0.270. The molecule has 0 aromatic carbocycles. The van der Waals surface area contributed by atoms with Crippen molar-refractivity contribution in [2.45, 2.75) is 37.4 Å². The fraction of sp³-hybridized carbons (Fsp3) is 1.00. The van der Waals surface area contributed by atoms with Crippen molar-refractivity contribution in [3.8, 4) is 0 Å². The predicted octanol–water partition coefficient (Wildman–Crippen LogP) is 2.29. The minimum Gasteiger partial charge on any atom is -0.385 e. The number of hydrogen-bond donors (Lipinski definition) is 1. The zero-order valence-corrected chi connectivity index (χ0v) is 10.1. The van der Waals surface area contributed by atoms with Gasteiger partial charge in [-0.15, -0.1) is 0 Å². The van der Waals surface area contributed by atoms with E-state index in [4.69, 9.17) is 4.74 Å². The van der Waals surface area contributed by atoms with Gasteiger partial charge in [-0.2, -0.15) is 11.8 Å². The maximum Gasteiger partial charge on any atom is 0.0462 e. The molecule has 0 bridgehead atoms. The van der Waals surface area contributed by atoms with Crippen LogP contribution in [0.1, 0.15) is 32.1 Å². The molecule has 1 N–H and O–H groups in total. The summed E-state index contributed by atoms with van der Waals surface area (Å²) in [5, 5.41) is 4.42. The van der Waals surface area contributed by atoms with Crippen LogP contribution in [0.2, 0.25) is 0 Å². The molecule has 0 aromatic heterocycles. The van der Waals surface area contributed by atoms with Crippen LogP contribution in [0.5, 0.6) is 0 Å². The van der Waals surface area contributed by atoms with Crippen LogP contribution in [0.15, 0.2) is 0 Å². The van der Waals surface area contributed by atoms with Crippen molar-refractivity contribution in [1.29, 1.82) is 0 Å². The summed E-state index contributed by atoms with van der Waals surface area (Å²) in [5.41, 5.74) is 0. The van der Waals surface area contributed by atoms with E-state index < -0.39 is 0 Å². The standard InChI is InChI=1S/C11H23NOS/c1-13-8-4-3-7-12-10-11-6-2-5-9-14-11/h11-12H,2-10H2,1H3. The molecule has 1 aliphatic rings. The van der Waals surface area contributed by atoms with Gasteiger partial charge in [0.05, 0.1) is 0 Å². The van der Waals surface area contributed by atoms with Crippen molar-refractivity contribution in [3.05, 3.63) is 0 Å². The van der Waals surface area contributed by atoms with Crippen molar-refractivity contribution in [2.24, 2.45) is 0 Å². The molecule has 1 aliphatic heterocycles. The van der Waals surface area contributed by atoms with Crippen LogP contribution in [0.25, 0.3) is 0 Å². The molecule has 1 unspecified atom stereocenters. The average Bonchev–Trinajstić information content (AvgIpc) is 2.25. The maximum atomic E-state index is 5.01. The number of nitrogens with one attached hydrogen (secondary N) is 1. The third-order valence-corrected chi connectivity index (χ3v) is 4.00. The van der Waals surface area contributed by atoms with E-state index in [1.54, 1.807) is 7.11 Å². The number of hydrogen-bond acceptors (Lipinski definition) is 3. The van der Waals surface area contributed by atoms with Crippen molar-refractivity contribution in [3.63, 3.8) is 0 Å². The number of methoxy groups -OCH3 is 1. The first-order valence-corrected chi connectivity index (χ1v) is 6.79. The van der Waals surface area contributed by atoms with Gasteiger partial charge in [0.15, 0.2) is 0 Å². The zero-order valence-electron chi connectivity index (χ0n) is 9.26. The largest absolute Gasteiger partial charge is 0.385 e. The summed E-state index contributed by atoms with van der Waals surface area (Å²) in [6.45, 7) is 3.26. The highest BCUT2D eigenvalue weighted by Crippen LogP contribution is 2.24. The van der Waals surface area contributed by atoms with Crippen LogP contribution in [-0.2, 0) is 4.74 Å². The molecule has 0 aromatic rings. The van der Waals surface area contributed by atoms with E-state index in [9.17, 15) is 0 Å². The van der Waals surface area contributed by atoms with E-state index in [2.05, 4.69) is 17.1 Å². The Morgan fingerprint density at radius 3 is 3.00 bits per heavy atom. The first-order chi connectivity index (χ1) is 6.93. The highest BCUT2D eigenvalue weighted by molar-refractivity contribution is 7.99. The summed E-state index contributed by atoms with van der Waals surface area (Å²) in [6, 6.07) is 0. The molecule has 1 atom stereocenters. The molecular weight excluding hydrogens is 194 g/mol. The first kappa shape index (κ1) is 12.3. The number of unbranched alkanes of at least 4 members (excludes halogenated alkanes) is 1. The average molecular weight is 217 g/mol. The van der Waals surface area contributed by atoms with Gasteiger partial charge >= 0.3 is 0 Å².